The zero-order chi connectivity index (χ0) is 16.3. The molecule has 0 aromatic heterocycles. The molecule has 1 aromatic carbocycles. The molecule has 0 amide bonds. The second-order valence-electron chi connectivity index (χ2n) is 4.93. The Hall–Kier alpha value is -1.12. The molecule has 8 heteroatoms. The van der Waals surface area contributed by atoms with E-state index in [2.05, 4.69) is 0 Å². The third kappa shape index (κ3) is 5.29. The predicted octanol–water partition coefficient (Wildman–Crippen LogP) is 1.15. The van der Waals surface area contributed by atoms with Crippen LogP contribution in [0.15, 0.2) is 17.0 Å². The van der Waals surface area contributed by atoms with Crippen molar-refractivity contribution >= 4 is 19.9 Å². The minimum absolute atomic E-state index is 0.0376. The monoisotopic (exact) mass is 335 g/mol. The molecule has 0 fully saturated rings. The van der Waals surface area contributed by atoms with Crippen molar-refractivity contribution in [3.05, 3.63) is 23.3 Å². The van der Waals surface area contributed by atoms with Crippen LogP contribution in [-0.2, 0) is 19.9 Å². The van der Waals surface area contributed by atoms with Gasteiger partial charge in [-0.25, -0.2) is 22.0 Å². The molecule has 0 spiro atoms. The van der Waals surface area contributed by atoms with Crippen molar-refractivity contribution < 1.29 is 21.6 Å². The minimum atomic E-state index is -3.78. The second-order valence-corrected chi connectivity index (χ2v) is 8.73. The fourth-order valence-corrected chi connectivity index (χ4v) is 4.32. The Labute approximate surface area is 126 Å². The summed E-state index contributed by atoms with van der Waals surface area (Å²) in [4.78, 5) is 0.0773. The topological polar surface area (TPSA) is 104 Å². The van der Waals surface area contributed by atoms with Gasteiger partial charge in [0.05, 0.1) is 16.4 Å². The van der Waals surface area contributed by atoms with Gasteiger partial charge >= 0.3 is 0 Å². The highest BCUT2D eigenvalue weighted by molar-refractivity contribution is 7.91. The van der Waals surface area contributed by atoms with Gasteiger partial charge in [-0.1, -0.05) is 6.92 Å². The lowest BCUT2D eigenvalue weighted by Gasteiger charge is -2.12. The highest BCUT2D eigenvalue weighted by atomic mass is 32.2. The summed E-state index contributed by atoms with van der Waals surface area (Å²) in [6.45, 7) is 5.08. The number of primary sulfonamides is 1. The van der Waals surface area contributed by atoms with Crippen LogP contribution in [0.3, 0.4) is 0 Å². The van der Waals surface area contributed by atoms with Crippen LogP contribution in [0.25, 0.3) is 0 Å². The number of aryl methyl sites for hydroxylation is 2. The summed E-state index contributed by atoms with van der Waals surface area (Å²) >= 11 is 0. The molecule has 1 aromatic rings. The number of rotatable bonds is 7. The van der Waals surface area contributed by atoms with Crippen LogP contribution in [-0.4, -0.2) is 34.9 Å². The molecule has 1 rings (SSSR count). The summed E-state index contributed by atoms with van der Waals surface area (Å²) < 4.78 is 51.5. The Bertz CT molecular complexity index is 685. The molecule has 120 valence electrons. The van der Waals surface area contributed by atoms with Gasteiger partial charge in [0, 0.05) is 0 Å². The summed E-state index contributed by atoms with van der Waals surface area (Å²) in [5.74, 6) is 0.512. The molecule has 0 aliphatic heterocycles. The van der Waals surface area contributed by atoms with Crippen LogP contribution >= 0.6 is 0 Å². The van der Waals surface area contributed by atoms with Crippen LogP contribution in [0, 0.1) is 13.8 Å². The first-order valence-corrected chi connectivity index (χ1v) is 9.91. The van der Waals surface area contributed by atoms with Crippen LogP contribution in [0.1, 0.15) is 24.5 Å². The summed E-state index contributed by atoms with van der Waals surface area (Å²) in [6, 6.07) is 3.08. The highest BCUT2D eigenvalue weighted by Gasteiger charge is 2.16. The summed E-state index contributed by atoms with van der Waals surface area (Å²) in [6.07, 6.45) is 0.573. The smallest absolute Gasteiger partial charge is 0.238 e. The Morgan fingerprint density at radius 2 is 1.57 bits per heavy atom. The van der Waals surface area contributed by atoms with E-state index in [-0.39, 0.29) is 23.0 Å². The summed E-state index contributed by atoms with van der Waals surface area (Å²) in [5, 5.41) is 5.15. The maximum absolute atomic E-state index is 11.6. The van der Waals surface area contributed by atoms with Gasteiger partial charge in [0.1, 0.15) is 12.4 Å². The molecular formula is C13H21NO5S2. The van der Waals surface area contributed by atoms with Gasteiger partial charge in [0.2, 0.25) is 10.0 Å². The third-order valence-corrected chi connectivity index (χ3v) is 5.93. The molecular weight excluding hydrogens is 314 g/mol. The molecule has 0 unspecified atom stereocenters. The molecule has 0 radical (unpaired) electrons. The zero-order valence-electron chi connectivity index (χ0n) is 12.4. The number of sulfone groups is 1. The van der Waals surface area contributed by atoms with E-state index in [1.54, 1.807) is 32.9 Å². The van der Waals surface area contributed by atoms with Crippen LogP contribution < -0.4 is 9.88 Å². The average molecular weight is 335 g/mol. The maximum Gasteiger partial charge on any atom is 0.238 e. The molecule has 0 bridgehead atoms. The van der Waals surface area contributed by atoms with Crippen molar-refractivity contribution in [1.82, 2.24) is 0 Å². The standard InChI is InChI=1S/C13H21NO5S2/c1-4-6-20(15,16)7-5-19-12-8-10(2)13(11(3)9-12)21(14,17)18/h8-9H,4-7H2,1-3H3,(H2,14,17,18). The van der Waals surface area contributed by atoms with Gasteiger partial charge in [-0.2, -0.15) is 0 Å². The third-order valence-electron chi connectivity index (χ3n) is 2.90. The van der Waals surface area contributed by atoms with Gasteiger partial charge in [-0.05, 0) is 43.5 Å². The van der Waals surface area contributed by atoms with E-state index in [1.807, 2.05) is 0 Å². The molecule has 21 heavy (non-hydrogen) atoms. The molecule has 0 aliphatic rings. The van der Waals surface area contributed by atoms with E-state index < -0.39 is 19.9 Å². The van der Waals surface area contributed by atoms with Gasteiger partial charge in [0.15, 0.2) is 9.84 Å². The Morgan fingerprint density at radius 3 is 2.00 bits per heavy atom. The minimum Gasteiger partial charge on any atom is -0.493 e. The number of hydrogen-bond donors (Lipinski definition) is 1. The SMILES string of the molecule is CCCS(=O)(=O)CCOc1cc(C)c(S(N)(=O)=O)c(C)c1. The Kier molecular flexibility index (Phi) is 5.77. The van der Waals surface area contributed by atoms with Crippen molar-refractivity contribution in [3.63, 3.8) is 0 Å². The van der Waals surface area contributed by atoms with E-state index in [4.69, 9.17) is 9.88 Å². The number of ether oxygens (including phenoxy) is 1. The molecule has 0 saturated carbocycles. The fourth-order valence-electron chi connectivity index (χ4n) is 2.14. The quantitative estimate of drug-likeness (QED) is 0.805. The van der Waals surface area contributed by atoms with Gasteiger partial charge < -0.3 is 4.74 Å². The maximum atomic E-state index is 11.6. The molecule has 6 nitrogen and oxygen atoms in total. The van der Waals surface area contributed by atoms with E-state index in [9.17, 15) is 16.8 Å². The largest absolute Gasteiger partial charge is 0.493 e. The second kappa shape index (κ2) is 6.76. The van der Waals surface area contributed by atoms with Gasteiger partial charge in [0.25, 0.3) is 0 Å². The van der Waals surface area contributed by atoms with Crippen LogP contribution in [0.4, 0.5) is 0 Å². The molecule has 0 aliphatic carbocycles. The van der Waals surface area contributed by atoms with E-state index in [0.29, 0.717) is 23.3 Å². The van der Waals surface area contributed by atoms with E-state index in [1.165, 1.54) is 0 Å². The lowest BCUT2D eigenvalue weighted by Crippen LogP contribution is -2.17. The van der Waals surface area contributed by atoms with Crippen molar-refractivity contribution in [2.24, 2.45) is 5.14 Å². The number of sulfonamides is 1. The lowest BCUT2D eigenvalue weighted by molar-refractivity contribution is 0.340. The first-order chi connectivity index (χ1) is 9.57. The number of benzene rings is 1. The molecule has 2 N–H and O–H groups in total. The average Bonchev–Trinajstić information content (AvgIpc) is 2.25. The Balaban J connectivity index is 2.84. The fraction of sp³-hybridized carbons (Fsp3) is 0.538. The van der Waals surface area contributed by atoms with Gasteiger partial charge in [-0.3, -0.25) is 0 Å². The first kappa shape index (κ1) is 17.9. The van der Waals surface area contributed by atoms with Crippen molar-refractivity contribution in [2.75, 3.05) is 18.1 Å². The molecule has 0 heterocycles. The highest BCUT2D eigenvalue weighted by Crippen LogP contribution is 2.24. The van der Waals surface area contributed by atoms with E-state index in [0.717, 1.165) is 0 Å². The van der Waals surface area contributed by atoms with Crippen LogP contribution in [0.2, 0.25) is 0 Å². The molecule has 0 atom stereocenters. The van der Waals surface area contributed by atoms with Crippen molar-refractivity contribution in [1.29, 1.82) is 0 Å². The zero-order valence-corrected chi connectivity index (χ0v) is 14.1. The first-order valence-electron chi connectivity index (χ1n) is 6.54. The van der Waals surface area contributed by atoms with Crippen molar-refractivity contribution in [2.45, 2.75) is 32.1 Å². The van der Waals surface area contributed by atoms with Crippen LogP contribution in [0.5, 0.6) is 5.75 Å². The summed E-state index contributed by atoms with van der Waals surface area (Å²) in [7, 11) is -6.88. The van der Waals surface area contributed by atoms with Crippen molar-refractivity contribution in [3.8, 4) is 5.75 Å². The number of hydrogen-bond acceptors (Lipinski definition) is 5. The van der Waals surface area contributed by atoms with Gasteiger partial charge in [-0.15, -0.1) is 0 Å². The van der Waals surface area contributed by atoms with E-state index >= 15 is 0 Å². The summed E-state index contributed by atoms with van der Waals surface area (Å²) in [5.41, 5.74) is 0.952. The predicted molar refractivity (Wildman–Crippen MR) is 81.7 cm³/mol. The number of nitrogens with two attached hydrogens (primary N) is 1. The Morgan fingerprint density at radius 1 is 1.05 bits per heavy atom. The molecule has 0 saturated heterocycles. The normalized spacial score (nSPS) is 12.4. The lowest BCUT2D eigenvalue weighted by atomic mass is 10.1.